The number of carbonyl (C=O) groups is 1. The molecule has 0 heterocycles. The van der Waals surface area contributed by atoms with Gasteiger partial charge in [-0.1, -0.05) is 18.5 Å². The average Bonchev–Trinajstić information content (AvgIpc) is 2.91. The van der Waals surface area contributed by atoms with E-state index < -0.39 is 0 Å². The van der Waals surface area contributed by atoms with Crippen LogP contribution in [-0.4, -0.2) is 12.5 Å². The van der Waals surface area contributed by atoms with Crippen molar-refractivity contribution in [2.24, 2.45) is 11.8 Å². The molecule has 0 aromatic heterocycles. The Balaban J connectivity index is 1.97. The zero-order chi connectivity index (χ0) is 11.7. The second-order valence-electron chi connectivity index (χ2n) is 4.42. The fourth-order valence-electron chi connectivity index (χ4n) is 1.72. The molecule has 3 nitrogen and oxygen atoms in total. The SMILES string of the molecule is CC1CC1CNC(=O)c1ccc(N)cc1Cl. The fourth-order valence-corrected chi connectivity index (χ4v) is 1.99. The average molecular weight is 239 g/mol. The smallest absolute Gasteiger partial charge is 0.252 e. The van der Waals surface area contributed by atoms with E-state index in [0.717, 1.165) is 12.5 Å². The Morgan fingerprint density at radius 2 is 2.31 bits per heavy atom. The second kappa shape index (κ2) is 4.34. The molecule has 0 radical (unpaired) electrons. The molecular formula is C12H15ClN2O. The number of benzene rings is 1. The van der Waals surface area contributed by atoms with Crippen molar-refractivity contribution in [3.8, 4) is 0 Å². The van der Waals surface area contributed by atoms with E-state index in [0.29, 0.717) is 22.2 Å². The minimum absolute atomic E-state index is 0.121. The van der Waals surface area contributed by atoms with Gasteiger partial charge in [-0.2, -0.15) is 0 Å². The van der Waals surface area contributed by atoms with E-state index in [1.807, 2.05) is 0 Å². The topological polar surface area (TPSA) is 55.1 Å². The highest BCUT2D eigenvalue weighted by molar-refractivity contribution is 6.34. The summed E-state index contributed by atoms with van der Waals surface area (Å²) in [6, 6.07) is 4.93. The molecule has 0 aliphatic heterocycles. The predicted molar refractivity (Wildman–Crippen MR) is 65.5 cm³/mol. The van der Waals surface area contributed by atoms with Crippen LogP contribution in [0.1, 0.15) is 23.7 Å². The van der Waals surface area contributed by atoms with E-state index in [2.05, 4.69) is 12.2 Å². The maximum atomic E-state index is 11.8. The van der Waals surface area contributed by atoms with Gasteiger partial charge >= 0.3 is 0 Å². The number of halogens is 1. The molecule has 0 spiro atoms. The first-order valence-electron chi connectivity index (χ1n) is 5.41. The van der Waals surface area contributed by atoms with Crippen molar-refractivity contribution in [3.63, 3.8) is 0 Å². The normalized spacial score (nSPS) is 22.9. The molecular weight excluding hydrogens is 224 g/mol. The number of hydrogen-bond donors (Lipinski definition) is 2. The van der Waals surface area contributed by atoms with Gasteiger partial charge in [-0.3, -0.25) is 4.79 Å². The largest absolute Gasteiger partial charge is 0.399 e. The van der Waals surface area contributed by atoms with Gasteiger partial charge in [0.15, 0.2) is 0 Å². The summed E-state index contributed by atoms with van der Waals surface area (Å²) in [6.07, 6.45) is 1.20. The number of nitrogens with two attached hydrogens (primary N) is 1. The summed E-state index contributed by atoms with van der Waals surface area (Å²) in [4.78, 5) is 11.8. The summed E-state index contributed by atoms with van der Waals surface area (Å²) in [6.45, 7) is 2.92. The molecule has 0 saturated heterocycles. The standard InChI is InChI=1S/C12H15ClN2O/c1-7-4-8(7)6-15-12(16)10-3-2-9(14)5-11(10)13/h2-3,5,7-8H,4,6,14H2,1H3,(H,15,16). The molecule has 2 atom stereocenters. The molecule has 1 aliphatic rings. The lowest BCUT2D eigenvalue weighted by Gasteiger charge is -2.06. The molecule has 0 bridgehead atoms. The number of hydrogen-bond acceptors (Lipinski definition) is 2. The molecule has 1 fully saturated rings. The van der Waals surface area contributed by atoms with E-state index in [9.17, 15) is 4.79 Å². The third-order valence-electron chi connectivity index (χ3n) is 3.04. The zero-order valence-electron chi connectivity index (χ0n) is 9.16. The van der Waals surface area contributed by atoms with Gasteiger partial charge in [0.05, 0.1) is 10.6 Å². The van der Waals surface area contributed by atoms with Crippen molar-refractivity contribution in [3.05, 3.63) is 28.8 Å². The van der Waals surface area contributed by atoms with Crippen molar-refractivity contribution < 1.29 is 4.79 Å². The first-order chi connectivity index (χ1) is 7.58. The van der Waals surface area contributed by atoms with Gasteiger partial charge in [-0.25, -0.2) is 0 Å². The Labute approximate surface area is 100.0 Å². The van der Waals surface area contributed by atoms with Gasteiger partial charge in [-0.15, -0.1) is 0 Å². The van der Waals surface area contributed by atoms with E-state index in [-0.39, 0.29) is 5.91 Å². The second-order valence-corrected chi connectivity index (χ2v) is 4.83. The van der Waals surface area contributed by atoms with Crippen LogP contribution in [-0.2, 0) is 0 Å². The minimum Gasteiger partial charge on any atom is -0.399 e. The van der Waals surface area contributed by atoms with Crippen LogP contribution >= 0.6 is 11.6 Å². The summed E-state index contributed by atoms with van der Waals surface area (Å²) < 4.78 is 0. The van der Waals surface area contributed by atoms with Crippen molar-refractivity contribution in [1.29, 1.82) is 0 Å². The molecule has 16 heavy (non-hydrogen) atoms. The lowest BCUT2D eigenvalue weighted by Crippen LogP contribution is -2.26. The number of nitrogen functional groups attached to an aromatic ring is 1. The number of nitrogens with one attached hydrogen (secondary N) is 1. The Hall–Kier alpha value is -1.22. The summed E-state index contributed by atoms with van der Waals surface area (Å²) in [5.41, 5.74) is 6.62. The van der Waals surface area contributed by atoms with Gasteiger partial charge in [0, 0.05) is 12.2 Å². The predicted octanol–water partition coefficient (Wildman–Crippen LogP) is 2.31. The lowest BCUT2D eigenvalue weighted by molar-refractivity contribution is 0.0951. The van der Waals surface area contributed by atoms with Crippen LogP contribution in [0.15, 0.2) is 18.2 Å². The van der Waals surface area contributed by atoms with Crippen LogP contribution in [0.4, 0.5) is 5.69 Å². The van der Waals surface area contributed by atoms with Gasteiger partial charge in [0.2, 0.25) is 0 Å². The minimum atomic E-state index is -0.121. The number of anilines is 1. The third kappa shape index (κ3) is 2.47. The first-order valence-corrected chi connectivity index (χ1v) is 5.79. The molecule has 1 amide bonds. The first kappa shape index (κ1) is 11.3. The van der Waals surface area contributed by atoms with Crippen LogP contribution in [0.25, 0.3) is 0 Å². The summed E-state index contributed by atoms with van der Waals surface area (Å²) >= 11 is 5.94. The molecule has 86 valence electrons. The highest BCUT2D eigenvalue weighted by Crippen LogP contribution is 2.36. The monoisotopic (exact) mass is 238 g/mol. The van der Waals surface area contributed by atoms with E-state index >= 15 is 0 Å². The molecule has 1 aromatic rings. The molecule has 1 aromatic carbocycles. The van der Waals surface area contributed by atoms with Gasteiger partial charge in [0.25, 0.3) is 5.91 Å². The van der Waals surface area contributed by atoms with Crippen molar-refractivity contribution in [2.75, 3.05) is 12.3 Å². The summed E-state index contributed by atoms with van der Waals surface area (Å²) in [5, 5.41) is 3.29. The van der Waals surface area contributed by atoms with Gasteiger partial charge in [0.1, 0.15) is 0 Å². The zero-order valence-corrected chi connectivity index (χ0v) is 9.92. The Morgan fingerprint density at radius 3 is 2.88 bits per heavy atom. The van der Waals surface area contributed by atoms with Crippen LogP contribution in [0.2, 0.25) is 5.02 Å². The van der Waals surface area contributed by atoms with E-state index in [1.54, 1.807) is 18.2 Å². The highest BCUT2D eigenvalue weighted by atomic mass is 35.5. The highest BCUT2D eigenvalue weighted by Gasteiger charge is 2.32. The molecule has 3 N–H and O–H groups in total. The Bertz CT molecular complexity index is 419. The molecule has 1 saturated carbocycles. The number of carbonyl (C=O) groups excluding carboxylic acids is 1. The fraction of sp³-hybridized carbons (Fsp3) is 0.417. The van der Waals surface area contributed by atoms with Gasteiger partial charge in [-0.05, 0) is 36.5 Å². The summed E-state index contributed by atoms with van der Waals surface area (Å²) in [5.74, 6) is 1.25. The number of amides is 1. The van der Waals surface area contributed by atoms with Crippen LogP contribution < -0.4 is 11.1 Å². The van der Waals surface area contributed by atoms with Crippen molar-refractivity contribution >= 4 is 23.2 Å². The third-order valence-corrected chi connectivity index (χ3v) is 3.35. The maximum Gasteiger partial charge on any atom is 0.252 e. The molecule has 1 aliphatic carbocycles. The number of rotatable bonds is 3. The van der Waals surface area contributed by atoms with Gasteiger partial charge < -0.3 is 11.1 Å². The maximum absolute atomic E-state index is 11.8. The van der Waals surface area contributed by atoms with E-state index in [1.165, 1.54) is 6.42 Å². The van der Waals surface area contributed by atoms with E-state index in [4.69, 9.17) is 17.3 Å². The lowest BCUT2D eigenvalue weighted by atomic mass is 10.2. The van der Waals surface area contributed by atoms with Crippen LogP contribution in [0.3, 0.4) is 0 Å². The van der Waals surface area contributed by atoms with Crippen LogP contribution in [0, 0.1) is 11.8 Å². The Morgan fingerprint density at radius 1 is 1.62 bits per heavy atom. The molecule has 2 rings (SSSR count). The molecule has 2 unspecified atom stereocenters. The molecule has 4 heteroatoms. The summed E-state index contributed by atoms with van der Waals surface area (Å²) in [7, 11) is 0. The quantitative estimate of drug-likeness (QED) is 0.794. The van der Waals surface area contributed by atoms with Crippen molar-refractivity contribution in [2.45, 2.75) is 13.3 Å². The van der Waals surface area contributed by atoms with Crippen molar-refractivity contribution in [1.82, 2.24) is 5.32 Å². The van der Waals surface area contributed by atoms with Crippen LogP contribution in [0.5, 0.6) is 0 Å². The Kier molecular flexibility index (Phi) is 3.06.